The number of aromatic hydroxyl groups is 1. The van der Waals surface area contributed by atoms with Crippen molar-refractivity contribution in [2.75, 3.05) is 10.0 Å². The Morgan fingerprint density at radius 2 is 1.88 bits per heavy atom. The minimum atomic E-state index is -4.31. The standard InChI is InChI=1S/C16H14F2N2O4S/c17-10-4-5-14(12(18)7-10)25(23,24)20-11-6-9-2-1-3-15(22)19-16(9)13(21)8-11/h4-8,20-21H,1-3H2,(H,19,22). The summed E-state index contributed by atoms with van der Waals surface area (Å²) in [5, 5.41) is 12.6. The molecule has 132 valence electrons. The summed E-state index contributed by atoms with van der Waals surface area (Å²) in [6.45, 7) is 0. The van der Waals surface area contributed by atoms with E-state index in [1.54, 1.807) is 0 Å². The Morgan fingerprint density at radius 1 is 1.12 bits per heavy atom. The molecule has 0 fully saturated rings. The molecule has 0 unspecified atom stereocenters. The molecule has 1 heterocycles. The Kier molecular flexibility index (Phi) is 4.34. The fourth-order valence-corrected chi connectivity index (χ4v) is 3.73. The first-order valence-electron chi connectivity index (χ1n) is 7.40. The Morgan fingerprint density at radius 3 is 2.60 bits per heavy atom. The van der Waals surface area contributed by atoms with Gasteiger partial charge in [-0.15, -0.1) is 0 Å². The molecule has 3 rings (SSSR count). The second-order valence-electron chi connectivity index (χ2n) is 5.61. The highest BCUT2D eigenvalue weighted by atomic mass is 32.2. The molecule has 0 saturated heterocycles. The molecule has 0 bridgehead atoms. The smallest absolute Gasteiger partial charge is 0.264 e. The van der Waals surface area contributed by atoms with Crippen molar-refractivity contribution in [2.24, 2.45) is 0 Å². The van der Waals surface area contributed by atoms with E-state index in [1.807, 2.05) is 0 Å². The Labute approximate surface area is 142 Å². The van der Waals surface area contributed by atoms with E-state index in [9.17, 15) is 27.1 Å². The number of halogens is 2. The van der Waals surface area contributed by atoms with Crippen LogP contribution >= 0.6 is 0 Å². The van der Waals surface area contributed by atoms with Crippen molar-refractivity contribution in [3.8, 4) is 5.75 Å². The van der Waals surface area contributed by atoms with Gasteiger partial charge in [-0.05, 0) is 36.6 Å². The molecule has 2 aromatic rings. The van der Waals surface area contributed by atoms with Crippen LogP contribution in [0.15, 0.2) is 35.2 Å². The highest BCUT2D eigenvalue weighted by molar-refractivity contribution is 7.92. The first kappa shape index (κ1) is 17.2. The van der Waals surface area contributed by atoms with Gasteiger partial charge in [0.1, 0.15) is 22.3 Å². The summed E-state index contributed by atoms with van der Waals surface area (Å²) in [5.74, 6) is -2.66. The van der Waals surface area contributed by atoms with Crippen molar-refractivity contribution < 1.29 is 27.1 Å². The van der Waals surface area contributed by atoms with Crippen LogP contribution < -0.4 is 10.0 Å². The molecule has 2 aromatic carbocycles. The highest BCUT2D eigenvalue weighted by Gasteiger charge is 2.22. The molecule has 1 amide bonds. The van der Waals surface area contributed by atoms with Gasteiger partial charge in [0.15, 0.2) is 0 Å². The number of rotatable bonds is 3. The number of carbonyl (C=O) groups is 1. The van der Waals surface area contributed by atoms with E-state index < -0.39 is 26.6 Å². The van der Waals surface area contributed by atoms with Crippen LogP contribution in [0.5, 0.6) is 5.75 Å². The molecule has 1 aliphatic rings. The van der Waals surface area contributed by atoms with Gasteiger partial charge < -0.3 is 10.4 Å². The van der Waals surface area contributed by atoms with Crippen LogP contribution in [-0.2, 0) is 21.2 Å². The van der Waals surface area contributed by atoms with Crippen LogP contribution in [-0.4, -0.2) is 19.4 Å². The van der Waals surface area contributed by atoms with E-state index in [2.05, 4.69) is 10.0 Å². The Hall–Kier alpha value is -2.68. The number of sulfonamides is 1. The zero-order chi connectivity index (χ0) is 18.2. The Bertz CT molecular complexity index is 961. The summed E-state index contributed by atoms with van der Waals surface area (Å²) < 4.78 is 53.5. The lowest BCUT2D eigenvalue weighted by Crippen LogP contribution is -2.15. The lowest BCUT2D eigenvalue weighted by molar-refractivity contribution is -0.116. The van der Waals surface area contributed by atoms with Gasteiger partial charge in [-0.2, -0.15) is 0 Å². The van der Waals surface area contributed by atoms with Gasteiger partial charge in [-0.25, -0.2) is 17.2 Å². The number of amides is 1. The molecule has 9 heteroatoms. The zero-order valence-corrected chi connectivity index (χ0v) is 13.7. The number of hydrogen-bond donors (Lipinski definition) is 3. The van der Waals surface area contributed by atoms with Crippen LogP contribution in [0.25, 0.3) is 0 Å². The third-order valence-corrected chi connectivity index (χ3v) is 5.16. The van der Waals surface area contributed by atoms with Gasteiger partial charge in [0, 0.05) is 18.6 Å². The van der Waals surface area contributed by atoms with Crippen LogP contribution in [0.1, 0.15) is 18.4 Å². The largest absolute Gasteiger partial charge is 0.506 e. The highest BCUT2D eigenvalue weighted by Crippen LogP contribution is 2.35. The van der Waals surface area contributed by atoms with Crippen LogP contribution in [0.4, 0.5) is 20.2 Å². The van der Waals surface area contributed by atoms with E-state index in [0.717, 1.165) is 18.2 Å². The number of hydrogen-bond acceptors (Lipinski definition) is 4. The molecule has 25 heavy (non-hydrogen) atoms. The first-order valence-corrected chi connectivity index (χ1v) is 8.88. The zero-order valence-electron chi connectivity index (χ0n) is 12.8. The molecular weight excluding hydrogens is 354 g/mol. The third kappa shape index (κ3) is 3.55. The molecule has 0 saturated carbocycles. The fraction of sp³-hybridized carbons (Fsp3) is 0.188. The summed E-state index contributed by atoms with van der Waals surface area (Å²) in [7, 11) is -4.31. The molecule has 0 aromatic heterocycles. The number of phenolic OH excluding ortho intramolecular Hbond substituents is 1. The van der Waals surface area contributed by atoms with E-state index in [4.69, 9.17) is 0 Å². The minimum Gasteiger partial charge on any atom is -0.506 e. The van der Waals surface area contributed by atoms with Gasteiger partial charge in [0.25, 0.3) is 10.0 Å². The first-order chi connectivity index (χ1) is 11.8. The van der Waals surface area contributed by atoms with Crippen molar-refractivity contribution in [3.63, 3.8) is 0 Å². The SMILES string of the molecule is O=C1CCCc2cc(NS(=O)(=O)c3ccc(F)cc3F)cc(O)c2N1. The van der Waals surface area contributed by atoms with Gasteiger partial charge in [-0.1, -0.05) is 0 Å². The van der Waals surface area contributed by atoms with Crippen molar-refractivity contribution >= 4 is 27.3 Å². The Balaban J connectivity index is 1.96. The van der Waals surface area contributed by atoms with Crippen LogP contribution in [0, 0.1) is 11.6 Å². The number of phenols is 1. The molecule has 0 aliphatic carbocycles. The quantitative estimate of drug-likeness (QED) is 0.726. The van der Waals surface area contributed by atoms with Crippen molar-refractivity contribution in [1.82, 2.24) is 0 Å². The summed E-state index contributed by atoms with van der Waals surface area (Å²) in [6, 6.07) is 4.69. The van der Waals surface area contributed by atoms with Crippen LogP contribution in [0.3, 0.4) is 0 Å². The summed E-state index contributed by atoms with van der Waals surface area (Å²) in [4.78, 5) is 10.8. The normalized spacial score (nSPS) is 14.4. The molecule has 0 spiro atoms. The van der Waals surface area contributed by atoms with E-state index in [0.29, 0.717) is 24.5 Å². The number of nitrogens with one attached hydrogen (secondary N) is 2. The monoisotopic (exact) mass is 368 g/mol. The van der Waals surface area contributed by atoms with Gasteiger partial charge in [0.2, 0.25) is 5.91 Å². The number of fused-ring (bicyclic) bond motifs is 1. The van der Waals surface area contributed by atoms with E-state index in [-0.39, 0.29) is 29.5 Å². The van der Waals surface area contributed by atoms with E-state index >= 15 is 0 Å². The predicted molar refractivity (Wildman–Crippen MR) is 86.8 cm³/mol. The number of benzene rings is 2. The van der Waals surface area contributed by atoms with Gasteiger partial charge in [0.05, 0.1) is 11.4 Å². The summed E-state index contributed by atoms with van der Waals surface area (Å²) in [5.41, 5.74) is 0.803. The average Bonchev–Trinajstić information content (AvgIpc) is 2.68. The summed E-state index contributed by atoms with van der Waals surface area (Å²) in [6.07, 6.45) is 1.29. The average molecular weight is 368 g/mol. The maximum absolute atomic E-state index is 13.7. The molecule has 0 radical (unpaired) electrons. The maximum atomic E-state index is 13.7. The lowest BCUT2D eigenvalue weighted by Gasteiger charge is -2.14. The molecule has 6 nitrogen and oxygen atoms in total. The van der Waals surface area contributed by atoms with Crippen LogP contribution in [0.2, 0.25) is 0 Å². The molecular formula is C16H14F2N2O4S. The molecule has 1 aliphatic heterocycles. The van der Waals surface area contributed by atoms with Gasteiger partial charge >= 0.3 is 0 Å². The van der Waals surface area contributed by atoms with E-state index in [1.165, 1.54) is 6.07 Å². The number of carbonyl (C=O) groups excluding carboxylic acids is 1. The second-order valence-corrected chi connectivity index (χ2v) is 7.26. The lowest BCUT2D eigenvalue weighted by atomic mass is 10.1. The third-order valence-electron chi connectivity index (χ3n) is 3.75. The summed E-state index contributed by atoms with van der Waals surface area (Å²) >= 11 is 0. The van der Waals surface area contributed by atoms with Gasteiger partial charge in [-0.3, -0.25) is 9.52 Å². The second kappa shape index (κ2) is 6.32. The topological polar surface area (TPSA) is 95.5 Å². The minimum absolute atomic E-state index is 0.0103. The number of anilines is 2. The maximum Gasteiger partial charge on any atom is 0.264 e. The predicted octanol–water partition coefficient (Wildman–Crippen LogP) is 2.75. The van der Waals surface area contributed by atoms with Crippen molar-refractivity contribution in [3.05, 3.63) is 47.5 Å². The fourth-order valence-electron chi connectivity index (χ4n) is 2.63. The molecule has 3 N–H and O–H groups in total. The molecule has 0 atom stereocenters. The van der Waals surface area contributed by atoms with Crippen molar-refractivity contribution in [2.45, 2.75) is 24.2 Å². The number of aryl methyl sites for hydroxylation is 1. The van der Waals surface area contributed by atoms with Crippen molar-refractivity contribution in [1.29, 1.82) is 0 Å².